The molecule has 0 saturated carbocycles. The molecule has 0 radical (unpaired) electrons. The van der Waals surface area contributed by atoms with E-state index < -0.39 is 47.9 Å². The fourth-order valence-electron chi connectivity index (χ4n) is 3.59. The highest BCUT2D eigenvalue weighted by Gasteiger charge is 2.39. The average Bonchev–Trinajstić information content (AvgIpc) is 3.23. The number of nitrogens with one attached hydrogen (secondary N) is 2. The number of carboxylic acid groups (broad SMARTS) is 1. The molecule has 1 heterocycles. The summed E-state index contributed by atoms with van der Waals surface area (Å²) >= 11 is 4.01. The summed E-state index contributed by atoms with van der Waals surface area (Å²) in [5, 5.41) is 14.6. The normalized spacial score (nSPS) is 18.3. The second kappa shape index (κ2) is 13.9. The van der Waals surface area contributed by atoms with Gasteiger partial charge in [0.1, 0.15) is 18.1 Å². The van der Waals surface area contributed by atoms with Crippen LogP contribution in [0.15, 0.2) is 4.99 Å². The molecule has 0 spiro atoms. The Morgan fingerprint density at radius 2 is 1.85 bits per heavy atom. The Labute approximate surface area is 199 Å². The van der Waals surface area contributed by atoms with Crippen molar-refractivity contribution in [3.8, 4) is 0 Å². The first-order chi connectivity index (χ1) is 15.5. The summed E-state index contributed by atoms with van der Waals surface area (Å²) < 4.78 is 0. The maximum Gasteiger partial charge on any atom is 0.326 e. The summed E-state index contributed by atoms with van der Waals surface area (Å²) in [5.41, 5.74) is 16.4. The second-order valence-electron chi connectivity index (χ2n) is 8.52. The van der Waals surface area contributed by atoms with E-state index in [9.17, 15) is 24.3 Å². The molecule has 12 nitrogen and oxygen atoms in total. The van der Waals surface area contributed by atoms with Crippen LogP contribution in [0.1, 0.15) is 46.0 Å². The summed E-state index contributed by atoms with van der Waals surface area (Å²) in [6.45, 7) is 4.30. The predicted octanol–water partition coefficient (Wildman–Crippen LogP) is -1.61. The number of aliphatic imine (C=N–C) groups is 1. The summed E-state index contributed by atoms with van der Waals surface area (Å²) in [6, 6.07) is -3.69. The van der Waals surface area contributed by atoms with Gasteiger partial charge in [-0.1, -0.05) is 13.8 Å². The van der Waals surface area contributed by atoms with Gasteiger partial charge in [0, 0.05) is 18.8 Å². The predicted molar refractivity (Wildman–Crippen MR) is 127 cm³/mol. The number of hydrogen-bond donors (Lipinski definition) is 7. The minimum absolute atomic E-state index is 0.0635. The van der Waals surface area contributed by atoms with Crippen LogP contribution < -0.4 is 27.8 Å². The lowest BCUT2D eigenvalue weighted by Gasteiger charge is -2.30. The lowest BCUT2D eigenvalue weighted by atomic mass is 10.0. The third-order valence-electron chi connectivity index (χ3n) is 5.25. The molecule has 188 valence electrons. The van der Waals surface area contributed by atoms with Gasteiger partial charge in [-0.15, -0.1) is 0 Å². The van der Waals surface area contributed by atoms with Crippen molar-refractivity contribution in [2.24, 2.45) is 28.1 Å². The fourth-order valence-corrected chi connectivity index (χ4v) is 3.75. The van der Waals surface area contributed by atoms with Crippen LogP contribution in [-0.4, -0.2) is 82.7 Å². The first kappa shape index (κ1) is 28.5. The molecule has 0 bridgehead atoms. The number of hydrogen-bond acceptors (Lipinski definition) is 7. The number of carbonyl (C=O) groups excluding carboxylic acids is 3. The first-order valence-electron chi connectivity index (χ1n) is 11.0. The third-order valence-corrected chi connectivity index (χ3v) is 5.65. The molecule has 13 heteroatoms. The number of carboxylic acids is 1. The van der Waals surface area contributed by atoms with Crippen molar-refractivity contribution in [2.45, 2.75) is 70.1 Å². The summed E-state index contributed by atoms with van der Waals surface area (Å²) in [6.07, 6.45) is 1.89. The van der Waals surface area contributed by atoms with Gasteiger partial charge in [-0.25, -0.2) is 4.79 Å². The van der Waals surface area contributed by atoms with Crippen LogP contribution in [-0.2, 0) is 19.2 Å². The van der Waals surface area contributed by atoms with E-state index in [2.05, 4.69) is 28.3 Å². The molecule has 4 unspecified atom stereocenters. The number of thiol groups is 1. The molecule has 1 aliphatic rings. The first-order valence-corrected chi connectivity index (χ1v) is 11.7. The average molecular weight is 488 g/mol. The molecule has 0 aromatic heterocycles. The Bertz CT molecular complexity index is 730. The number of aliphatic carboxylic acids is 1. The summed E-state index contributed by atoms with van der Waals surface area (Å²) in [4.78, 5) is 55.3. The molecule has 9 N–H and O–H groups in total. The van der Waals surface area contributed by atoms with E-state index >= 15 is 0 Å². The Kier molecular flexibility index (Phi) is 12.0. The molecule has 33 heavy (non-hydrogen) atoms. The molecule has 1 aliphatic heterocycles. The molecule has 0 aromatic rings. The van der Waals surface area contributed by atoms with Gasteiger partial charge in [-0.05, 0) is 38.0 Å². The van der Waals surface area contributed by atoms with Crippen LogP contribution in [0.25, 0.3) is 0 Å². The minimum Gasteiger partial charge on any atom is -0.480 e. The number of nitrogens with two attached hydrogens (primary N) is 3. The number of nitrogens with zero attached hydrogens (tertiary/aromatic N) is 2. The van der Waals surface area contributed by atoms with Crippen molar-refractivity contribution >= 4 is 42.3 Å². The van der Waals surface area contributed by atoms with Crippen molar-refractivity contribution in [1.82, 2.24) is 15.5 Å². The quantitative estimate of drug-likeness (QED) is 0.0694. The van der Waals surface area contributed by atoms with Gasteiger partial charge in [-0.2, -0.15) is 12.6 Å². The Morgan fingerprint density at radius 3 is 2.39 bits per heavy atom. The van der Waals surface area contributed by atoms with Crippen LogP contribution >= 0.6 is 12.6 Å². The van der Waals surface area contributed by atoms with E-state index in [1.54, 1.807) is 0 Å². The number of amides is 3. The van der Waals surface area contributed by atoms with Gasteiger partial charge in [0.25, 0.3) is 0 Å². The second-order valence-corrected chi connectivity index (χ2v) is 8.88. The van der Waals surface area contributed by atoms with Crippen LogP contribution in [0.3, 0.4) is 0 Å². The van der Waals surface area contributed by atoms with E-state index in [0.29, 0.717) is 25.8 Å². The van der Waals surface area contributed by atoms with Gasteiger partial charge >= 0.3 is 5.97 Å². The molecule has 3 amide bonds. The van der Waals surface area contributed by atoms with Crippen LogP contribution in [0.4, 0.5) is 0 Å². The fraction of sp³-hybridized carbons (Fsp3) is 0.750. The lowest BCUT2D eigenvalue weighted by molar-refractivity contribution is -0.145. The molecule has 4 atom stereocenters. The van der Waals surface area contributed by atoms with Crippen molar-refractivity contribution < 1.29 is 24.3 Å². The van der Waals surface area contributed by atoms with Crippen LogP contribution in [0.2, 0.25) is 0 Å². The van der Waals surface area contributed by atoms with Gasteiger partial charge in [0.05, 0.1) is 6.04 Å². The minimum atomic E-state index is -1.13. The highest BCUT2D eigenvalue weighted by atomic mass is 32.1. The summed E-state index contributed by atoms with van der Waals surface area (Å²) in [7, 11) is 0. The Morgan fingerprint density at radius 1 is 1.18 bits per heavy atom. The molecule has 1 saturated heterocycles. The van der Waals surface area contributed by atoms with Gasteiger partial charge in [0.2, 0.25) is 17.7 Å². The molecule has 0 aromatic carbocycles. The summed E-state index contributed by atoms with van der Waals surface area (Å²) in [5.74, 6) is -2.54. The number of rotatable bonds is 13. The largest absolute Gasteiger partial charge is 0.480 e. The molecule has 1 rings (SSSR count). The monoisotopic (exact) mass is 487 g/mol. The SMILES string of the molecule is CC(C)CC(NC(=O)C1CCCN1C(=O)C(CCCN=C(N)N)NC(=O)C(N)CS)C(=O)O. The van der Waals surface area contributed by atoms with E-state index in [4.69, 9.17) is 17.2 Å². The van der Waals surface area contributed by atoms with Gasteiger partial charge in [-0.3, -0.25) is 19.4 Å². The highest BCUT2D eigenvalue weighted by molar-refractivity contribution is 7.80. The van der Waals surface area contributed by atoms with Crippen LogP contribution in [0.5, 0.6) is 0 Å². The maximum atomic E-state index is 13.3. The van der Waals surface area contributed by atoms with E-state index in [1.807, 2.05) is 13.8 Å². The smallest absolute Gasteiger partial charge is 0.326 e. The van der Waals surface area contributed by atoms with E-state index in [-0.39, 0.29) is 37.0 Å². The van der Waals surface area contributed by atoms with E-state index in [1.165, 1.54) is 4.90 Å². The standard InChI is InChI=1S/C20H37N7O5S/c1-11(2)9-14(19(31)32)26-17(29)15-6-4-8-27(15)18(30)13(5-3-7-24-20(22)23)25-16(28)12(21)10-33/h11-15,33H,3-10,21H2,1-2H3,(H,25,28)(H,26,29)(H,31,32)(H4,22,23,24). The Balaban J connectivity index is 2.95. The zero-order valence-corrected chi connectivity index (χ0v) is 20.1. The van der Waals surface area contributed by atoms with Crippen molar-refractivity contribution in [2.75, 3.05) is 18.8 Å². The van der Waals surface area contributed by atoms with Gasteiger partial charge < -0.3 is 37.8 Å². The lowest BCUT2D eigenvalue weighted by Crippen LogP contribution is -2.57. The topological polar surface area (TPSA) is 206 Å². The molecule has 1 fully saturated rings. The number of likely N-dealkylation sites (tertiary alicyclic amines) is 1. The van der Waals surface area contributed by atoms with E-state index in [0.717, 1.165) is 0 Å². The zero-order chi connectivity index (χ0) is 25.1. The number of carbonyl (C=O) groups is 4. The van der Waals surface area contributed by atoms with Crippen molar-refractivity contribution in [1.29, 1.82) is 0 Å². The molecular weight excluding hydrogens is 450 g/mol. The Hall–Kier alpha value is -2.54. The third kappa shape index (κ3) is 9.46. The molecule has 0 aliphatic carbocycles. The van der Waals surface area contributed by atoms with Crippen molar-refractivity contribution in [3.63, 3.8) is 0 Å². The molecular formula is C20H37N7O5S. The van der Waals surface area contributed by atoms with Crippen molar-refractivity contribution in [3.05, 3.63) is 0 Å². The van der Waals surface area contributed by atoms with Gasteiger partial charge in [0.15, 0.2) is 5.96 Å². The van der Waals surface area contributed by atoms with Crippen LogP contribution in [0, 0.1) is 5.92 Å². The maximum absolute atomic E-state index is 13.3. The zero-order valence-electron chi connectivity index (χ0n) is 19.2. The highest BCUT2D eigenvalue weighted by Crippen LogP contribution is 2.20. The number of guanidine groups is 1.